The third kappa shape index (κ3) is 2.27. The number of ether oxygens (including phenoxy) is 2. The molecule has 5 heteroatoms. The first-order valence-corrected chi connectivity index (χ1v) is 6.62. The predicted octanol–water partition coefficient (Wildman–Crippen LogP) is 2.40. The van der Waals surface area contributed by atoms with Crippen LogP contribution in [-0.2, 0) is 6.54 Å². The van der Waals surface area contributed by atoms with Crippen molar-refractivity contribution in [1.82, 2.24) is 9.78 Å². The number of rotatable bonds is 4. The fraction of sp³-hybridized carbons (Fsp3) is 0.188. The molecular formula is C16H16N2O3. The van der Waals surface area contributed by atoms with Crippen molar-refractivity contribution in [2.24, 2.45) is 0 Å². The van der Waals surface area contributed by atoms with Crippen molar-refractivity contribution >= 4 is 10.9 Å². The number of nitrogens with one attached hydrogen (secondary N) is 1. The third-order valence-electron chi connectivity index (χ3n) is 3.47. The van der Waals surface area contributed by atoms with Crippen LogP contribution >= 0.6 is 0 Å². The average Bonchev–Trinajstić information content (AvgIpc) is 2.83. The van der Waals surface area contributed by atoms with E-state index in [2.05, 4.69) is 5.10 Å². The van der Waals surface area contributed by atoms with E-state index in [0.29, 0.717) is 23.4 Å². The molecule has 0 saturated carbocycles. The molecule has 1 heterocycles. The van der Waals surface area contributed by atoms with Crippen LogP contribution in [0, 0.1) is 0 Å². The fourth-order valence-electron chi connectivity index (χ4n) is 2.47. The lowest BCUT2D eigenvalue weighted by Gasteiger charge is -2.12. The lowest BCUT2D eigenvalue weighted by Crippen LogP contribution is -2.17. The lowest BCUT2D eigenvalue weighted by atomic mass is 10.2. The largest absolute Gasteiger partial charge is 0.493 e. The first-order valence-electron chi connectivity index (χ1n) is 6.62. The highest BCUT2D eigenvalue weighted by atomic mass is 16.5. The molecule has 1 aromatic heterocycles. The maximum Gasteiger partial charge on any atom is 0.274 e. The highest BCUT2D eigenvalue weighted by Crippen LogP contribution is 2.30. The van der Waals surface area contributed by atoms with Crippen molar-refractivity contribution < 1.29 is 9.47 Å². The van der Waals surface area contributed by atoms with E-state index >= 15 is 0 Å². The van der Waals surface area contributed by atoms with Crippen molar-refractivity contribution in [2.45, 2.75) is 6.54 Å². The molecule has 0 aliphatic heterocycles. The molecule has 3 aromatic rings. The number of hydrogen-bond acceptors (Lipinski definition) is 3. The smallest absolute Gasteiger partial charge is 0.274 e. The minimum atomic E-state index is -0.0459. The Hall–Kier alpha value is -2.69. The minimum Gasteiger partial charge on any atom is -0.493 e. The number of fused-ring (bicyclic) bond motifs is 1. The normalized spacial score (nSPS) is 10.8. The zero-order chi connectivity index (χ0) is 14.8. The van der Waals surface area contributed by atoms with Crippen LogP contribution in [0.25, 0.3) is 10.9 Å². The summed E-state index contributed by atoms with van der Waals surface area (Å²) in [5.74, 6) is 1.30. The number of para-hydroxylation sites is 2. The molecule has 21 heavy (non-hydrogen) atoms. The molecule has 0 spiro atoms. The fourth-order valence-corrected chi connectivity index (χ4v) is 2.47. The van der Waals surface area contributed by atoms with Crippen LogP contribution in [-0.4, -0.2) is 24.0 Å². The summed E-state index contributed by atoms with van der Waals surface area (Å²) in [5, 5.41) is 3.79. The molecule has 0 saturated heterocycles. The van der Waals surface area contributed by atoms with Gasteiger partial charge in [0.15, 0.2) is 11.5 Å². The highest BCUT2D eigenvalue weighted by molar-refractivity contribution is 5.77. The van der Waals surface area contributed by atoms with Gasteiger partial charge in [0.1, 0.15) is 0 Å². The number of H-pyrrole nitrogens is 1. The number of aromatic nitrogens is 2. The summed E-state index contributed by atoms with van der Waals surface area (Å²) in [6, 6.07) is 13.1. The molecule has 2 aromatic carbocycles. The molecule has 0 fully saturated rings. The SMILES string of the molecule is COc1cccc(Cn2[nH]c3ccccc3c2=O)c1OC. The van der Waals surface area contributed by atoms with E-state index in [9.17, 15) is 4.79 Å². The number of hydrogen-bond donors (Lipinski definition) is 1. The Bertz CT molecular complexity index is 833. The van der Waals surface area contributed by atoms with Crippen LogP contribution in [0.4, 0.5) is 0 Å². The Morgan fingerprint density at radius 3 is 2.57 bits per heavy atom. The molecule has 5 nitrogen and oxygen atoms in total. The van der Waals surface area contributed by atoms with Gasteiger partial charge in [0, 0.05) is 5.56 Å². The standard InChI is InChI=1S/C16H16N2O3/c1-20-14-9-5-6-11(15(14)21-2)10-18-16(19)12-7-3-4-8-13(12)17-18/h3-9,17H,10H2,1-2H3. The monoisotopic (exact) mass is 284 g/mol. The van der Waals surface area contributed by atoms with E-state index in [1.54, 1.807) is 18.9 Å². The number of methoxy groups -OCH3 is 2. The van der Waals surface area contributed by atoms with Crippen LogP contribution in [0.15, 0.2) is 47.3 Å². The van der Waals surface area contributed by atoms with Crippen molar-refractivity contribution in [3.8, 4) is 11.5 Å². The lowest BCUT2D eigenvalue weighted by molar-refractivity contribution is 0.350. The van der Waals surface area contributed by atoms with Crippen molar-refractivity contribution in [3.05, 3.63) is 58.4 Å². The van der Waals surface area contributed by atoms with Gasteiger partial charge in [-0.2, -0.15) is 0 Å². The van der Waals surface area contributed by atoms with Gasteiger partial charge < -0.3 is 9.47 Å². The van der Waals surface area contributed by atoms with Crippen LogP contribution < -0.4 is 15.0 Å². The van der Waals surface area contributed by atoms with Gasteiger partial charge in [-0.1, -0.05) is 24.3 Å². The van der Waals surface area contributed by atoms with Gasteiger partial charge in [-0.3, -0.25) is 9.89 Å². The van der Waals surface area contributed by atoms with Crippen molar-refractivity contribution in [2.75, 3.05) is 14.2 Å². The Labute approximate surface area is 121 Å². The molecular weight excluding hydrogens is 268 g/mol. The second-order valence-corrected chi connectivity index (χ2v) is 4.70. The zero-order valence-electron chi connectivity index (χ0n) is 11.9. The van der Waals surface area contributed by atoms with E-state index in [4.69, 9.17) is 9.47 Å². The Morgan fingerprint density at radius 1 is 1.05 bits per heavy atom. The molecule has 0 bridgehead atoms. The van der Waals surface area contributed by atoms with Crippen LogP contribution in [0.1, 0.15) is 5.56 Å². The third-order valence-corrected chi connectivity index (χ3v) is 3.47. The second kappa shape index (κ2) is 5.36. The Balaban J connectivity index is 2.07. The number of nitrogens with zero attached hydrogens (tertiary/aromatic N) is 1. The van der Waals surface area contributed by atoms with Gasteiger partial charge >= 0.3 is 0 Å². The van der Waals surface area contributed by atoms with Crippen LogP contribution in [0.3, 0.4) is 0 Å². The maximum atomic E-state index is 12.3. The summed E-state index contributed by atoms with van der Waals surface area (Å²) < 4.78 is 12.3. The summed E-state index contributed by atoms with van der Waals surface area (Å²) in [6.45, 7) is 0.397. The van der Waals surface area contributed by atoms with E-state index < -0.39 is 0 Å². The van der Waals surface area contributed by atoms with Crippen LogP contribution in [0.2, 0.25) is 0 Å². The maximum absolute atomic E-state index is 12.3. The van der Waals surface area contributed by atoms with Crippen molar-refractivity contribution in [3.63, 3.8) is 0 Å². The summed E-state index contributed by atoms with van der Waals surface area (Å²) in [5.41, 5.74) is 1.66. The minimum absolute atomic E-state index is 0.0459. The molecule has 0 atom stereocenters. The van der Waals surface area contributed by atoms with E-state index in [0.717, 1.165) is 11.1 Å². The van der Waals surface area contributed by atoms with E-state index in [1.165, 1.54) is 0 Å². The molecule has 0 aliphatic carbocycles. The Kier molecular flexibility index (Phi) is 3.39. The first-order chi connectivity index (χ1) is 10.2. The topological polar surface area (TPSA) is 56.2 Å². The van der Waals surface area contributed by atoms with E-state index in [-0.39, 0.29) is 5.56 Å². The summed E-state index contributed by atoms with van der Waals surface area (Å²) in [7, 11) is 3.19. The summed E-state index contributed by atoms with van der Waals surface area (Å²) in [6.07, 6.45) is 0. The van der Waals surface area contributed by atoms with E-state index in [1.807, 2.05) is 42.5 Å². The first kappa shape index (κ1) is 13.3. The molecule has 0 aliphatic rings. The summed E-state index contributed by atoms with van der Waals surface area (Å²) in [4.78, 5) is 12.3. The molecule has 0 unspecified atom stereocenters. The molecule has 0 radical (unpaired) electrons. The van der Waals surface area contributed by atoms with Crippen molar-refractivity contribution in [1.29, 1.82) is 0 Å². The average molecular weight is 284 g/mol. The molecule has 1 N–H and O–H groups in total. The zero-order valence-corrected chi connectivity index (χ0v) is 11.9. The van der Waals surface area contributed by atoms with Gasteiger partial charge in [-0.15, -0.1) is 0 Å². The van der Waals surface area contributed by atoms with Gasteiger partial charge in [0.05, 0.1) is 31.7 Å². The molecule has 108 valence electrons. The highest BCUT2D eigenvalue weighted by Gasteiger charge is 2.12. The summed E-state index contributed by atoms with van der Waals surface area (Å²) >= 11 is 0. The van der Waals surface area contributed by atoms with Gasteiger partial charge in [0.2, 0.25) is 0 Å². The second-order valence-electron chi connectivity index (χ2n) is 4.70. The van der Waals surface area contributed by atoms with Gasteiger partial charge in [0.25, 0.3) is 5.56 Å². The van der Waals surface area contributed by atoms with Crippen LogP contribution in [0.5, 0.6) is 11.5 Å². The predicted molar refractivity (Wildman–Crippen MR) is 81.2 cm³/mol. The quantitative estimate of drug-likeness (QED) is 0.800. The molecule has 3 rings (SSSR count). The van der Waals surface area contributed by atoms with Gasteiger partial charge in [-0.25, -0.2) is 4.68 Å². The molecule has 0 amide bonds. The number of benzene rings is 2. The van der Waals surface area contributed by atoms with Gasteiger partial charge in [-0.05, 0) is 18.2 Å². The Morgan fingerprint density at radius 2 is 1.86 bits per heavy atom. The number of aromatic amines is 1.